The Kier molecular flexibility index (Phi) is 5.94. The van der Waals surface area contributed by atoms with Gasteiger partial charge in [-0.25, -0.2) is 26.3 Å². The Hall–Kier alpha value is -2.58. The number of aromatic nitrogens is 1. The number of pyridine rings is 1. The lowest BCUT2D eigenvalue weighted by Gasteiger charge is -2.34. The van der Waals surface area contributed by atoms with Crippen molar-refractivity contribution in [2.24, 2.45) is 5.92 Å². The molecule has 0 spiro atoms. The minimum Gasteiger partial charge on any atom is -0.324 e. The average molecular weight is 456 g/mol. The summed E-state index contributed by atoms with van der Waals surface area (Å²) < 4.78 is 81.9. The van der Waals surface area contributed by atoms with Crippen molar-refractivity contribution in [2.75, 3.05) is 5.32 Å². The van der Waals surface area contributed by atoms with Crippen LogP contribution in [0.3, 0.4) is 0 Å². The van der Waals surface area contributed by atoms with Gasteiger partial charge >= 0.3 is 0 Å². The van der Waals surface area contributed by atoms with Crippen molar-refractivity contribution in [2.45, 2.75) is 62.7 Å². The number of halogens is 6. The molecule has 0 saturated heterocycles. The fourth-order valence-corrected chi connectivity index (χ4v) is 4.54. The van der Waals surface area contributed by atoms with Crippen LogP contribution in [0.4, 0.5) is 32.0 Å². The predicted octanol–water partition coefficient (Wildman–Crippen LogP) is 6.69. The second kappa shape index (κ2) is 8.41. The number of benzene rings is 1. The summed E-state index contributed by atoms with van der Waals surface area (Å²) in [5.74, 6) is -8.41. The minimum atomic E-state index is -2.78. The van der Waals surface area contributed by atoms with E-state index in [1.54, 1.807) is 0 Å². The van der Waals surface area contributed by atoms with Crippen molar-refractivity contribution in [1.82, 2.24) is 4.98 Å². The van der Waals surface area contributed by atoms with Crippen molar-refractivity contribution in [1.29, 1.82) is 0 Å². The van der Waals surface area contributed by atoms with E-state index in [0.29, 0.717) is 5.69 Å². The van der Waals surface area contributed by atoms with E-state index >= 15 is 0 Å². The number of carbonyl (C=O) groups excluding carboxylic acids is 1. The molecule has 0 bridgehead atoms. The van der Waals surface area contributed by atoms with E-state index in [4.69, 9.17) is 0 Å². The van der Waals surface area contributed by atoms with E-state index in [1.807, 2.05) is 0 Å². The number of amides is 1. The van der Waals surface area contributed by atoms with Crippen LogP contribution in [-0.4, -0.2) is 22.7 Å². The van der Waals surface area contributed by atoms with Gasteiger partial charge in [0.05, 0.1) is 11.4 Å². The molecular formula is C23H22F6N2O. The highest BCUT2D eigenvalue weighted by molar-refractivity contribution is 5.96. The smallest absolute Gasteiger partial charge is 0.248 e. The maximum absolute atomic E-state index is 14.5. The van der Waals surface area contributed by atoms with Crippen LogP contribution in [0.1, 0.15) is 56.6 Å². The Balaban J connectivity index is 1.67. The predicted molar refractivity (Wildman–Crippen MR) is 107 cm³/mol. The van der Waals surface area contributed by atoms with E-state index in [0.717, 1.165) is 18.2 Å². The summed E-state index contributed by atoms with van der Waals surface area (Å²) in [5, 5.41) is 2.65. The van der Waals surface area contributed by atoms with Crippen molar-refractivity contribution in [3.05, 3.63) is 47.8 Å². The normalized spacial score (nSPS) is 20.6. The van der Waals surface area contributed by atoms with E-state index in [9.17, 15) is 31.1 Å². The molecule has 32 heavy (non-hydrogen) atoms. The monoisotopic (exact) mass is 456 g/mol. The van der Waals surface area contributed by atoms with Crippen LogP contribution in [0.15, 0.2) is 30.5 Å². The van der Waals surface area contributed by atoms with Crippen LogP contribution in [-0.2, 0) is 4.79 Å². The summed E-state index contributed by atoms with van der Waals surface area (Å²) in [6.45, 7) is 0. The lowest BCUT2D eigenvalue weighted by Crippen LogP contribution is -2.37. The van der Waals surface area contributed by atoms with Gasteiger partial charge in [0, 0.05) is 55.3 Å². The molecule has 1 aromatic heterocycles. The van der Waals surface area contributed by atoms with Gasteiger partial charge < -0.3 is 5.32 Å². The molecule has 2 fully saturated rings. The second-order valence-electron chi connectivity index (χ2n) is 8.76. The molecule has 9 heteroatoms. The number of rotatable bonds is 5. The zero-order valence-electron chi connectivity index (χ0n) is 17.1. The highest BCUT2D eigenvalue weighted by atomic mass is 19.3. The van der Waals surface area contributed by atoms with Crippen LogP contribution in [0.2, 0.25) is 0 Å². The molecule has 2 aromatic rings. The first-order chi connectivity index (χ1) is 15.0. The Labute approximate surface area is 181 Å². The molecule has 172 valence electrons. The van der Waals surface area contributed by atoms with Gasteiger partial charge in [-0.3, -0.25) is 9.78 Å². The van der Waals surface area contributed by atoms with Crippen LogP contribution >= 0.6 is 0 Å². The first-order valence-corrected chi connectivity index (χ1v) is 10.5. The summed E-state index contributed by atoms with van der Waals surface area (Å²) in [7, 11) is 0. The third kappa shape index (κ3) is 4.91. The topological polar surface area (TPSA) is 42.0 Å². The average Bonchev–Trinajstić information content (AvgIpc) is 2.69. The minimum absolute atomic E-state index is 0.111. The maximum Gasteiger partial charge on any atom is 0.248 e. The van der Waals surface area contributed by atoms with Crippen molar-refractivity contribution in [3.63, 3.8) is 0 Å². The van der Waals surface area contributed by atoms with Gasteiger partial charge in [-0.1, -0.05) is 0 Å². The number of hydrogen-bond donors (Lipinski definition) is 1. The summed E-state index contributed by atoms with van der Waals surface area (Å²) in [5.41, 5.74) is 0.481. The van der Waals surface area contributed by atoms with Crippen LogP contribution in [0.25, 0.3) is 11.1 Å². The quantitative estimate of drug-likeness (QED) is 0.509. The molecule has 0 aliphatic heterocycles. The number of alkyl halides is 4. The highest BCUT2D eigenvalue weighted by Gasteiger charge is 2.46. The Morgan fingerprint density at radius 3 is 2.34 bits per heavy atom. The molecule has 2 aliphatic carbocycles. The van der Waals surface area contributed by atoms with Gasteiger partial charge in [0.1, 0.15) is 11.6 Å². The number of nitrogens with one attached hydrogen (secondary N) is 1. The number of carbonyl (C=O) groups is 1. The van der Waals surface area contributed by atoms with Crippen LogP contribution < -0.4 is 5.32 Å². The number of anilines is 1. The summed E-state index contributed by atoms with van der Waals surface area (Å²) in [6.07, 6.45) is -0.0149. The lowest BCUT2D eigenvalue weighted by atomic mass is 9.79. The van der Waals surface area contributed by atoms with Crippen molar-refractivity contribution in [3.8, 4) is 11.1 Å². The molecule has 1 aromatic carbocycles. The zero-order chi connectivity index (χ0) is 23.1. The Bertz CT molecular complexity index is 1010. The lowest BCUT2D eigenvalue weighted by molar-refractivity contribution is -0.129. The van der Waals surface area contributed by atoms with Gasteiger partial charge in [0.15, 0.2) is 0 Å². The maximum atomic E-state index is 14.5. The van der Waals surface area contributed by atoms with Crippen LogP contribution in [0.5, 0.6) is 0 Å². The highest BCUT2D eigenvalue weighted by Crippen LogP contribution is 2.46. The molecule has 1 N–H and O–H groups in total. The van der Waals surface area contributed by atoms with Gasteiger partial charge in [-0.2, -0.15) is 0 Å². The molecule has 3 nitrogen and oxygen atoms in total. The molecule has 0 unspecified atom stereocenters. The molecule has 4 rings (SSSR count). The van der Waals surface area contributed by atoms with Gasteiger partial charge in [-0.15, -0.1) is 0 Å². The second-order valence-corrected chi connectivity index (χ2v) is 8.76. The third-order valence-corrected chi connectivity index (χ3v) is 6.22. The van der Waals surface area contributed by atoms with Gasteiger partial charge in [0.25, 0.3) is 0 Å². The fourth-order valence-electron chi connectivity index (χ4n) is 4.54. The zero-order valence-corrected chi connectivity index (χ0v) is 17.1. The number of nitrogens with zero attached hydrogens (tertiary/aromatic N) is 1. The molecule has 2 saturated carbocycles. The molecule has 0 radical (unpaired) electrons. The summed E-state index contributed by atoms with van der Waals surface area (Å²) >= 11 is 0. The molecule has 0 atom stereocenters. The van der Waals surface area contributed by atoms with Gasteiger partial charge in [-0.05, 0) is 43.0 Å². The molecule has 1 heterocycles. The first kappa shape index (κ1) is 22.6. The largest absolute Gasteiger partial charge is 0.324 e. The van der Waals surface area contributed by atoms with Crippen molar-refractivity contribution < 1.29 is 31.1 Å². The van der Waals surface area contributed by atoms with Crippen molar-refractivity contribution >= 4 is 11.6 Å². The molecule has 1 amide bonds. The van der Waals surface area contributed by atoms with E-state index in [-0.39, 0.29) is 61.8 Å². The SMILES string of the molecule is O=C(CC1CC(F)(F)C1)Nc1c(-c2cc(F)ccc2F)ccnc1C1CCC(F)(F)CC1. The summed E-state index contributed by atoms with van der Waals surface area (Å²) in [6, 6.07) is 4.30. The standard InChI is InChI=1S/C23H22F6N2O/c24-15-1-2-18(25)17(10-15)16-5-8-30-20(14-3-6-22(26,27)7-4-14)21(16)31-19(32)9-13-11-23(28,29)12-13/h1-2,5,8,10,13-14H,3-4,6-7,9,11-12H2,(H,31,32). The number of hydrogen-bond acceptors (Lipinski definition) is 2. The van der Waals surface area contributed by atoms with E-state index in [2.05, 4.69) is 10.3 Å². The Morgan fingerprint density at radius 1 is 1.00 bits per heavy atom. The van der Waals surface area contributed by atoms with E-state index in [1.165, 1.54) is 12.3 Å². The van der Waals surface area contributed by atoms with E-state index < -0.39 is 41.2 Å². The first-order valence-electron chi connectivity index (χ1n) is 10.5. The van der Waals surface area contributed by atoms with Gasteiger partial charge in [0.2, 0.25) is 17.8 Å². The third-order valence-electron chi connectivity index (χ3n) is 6.22. The molecule has 2 aliphatic rings. The summed E-state index contributed by atoms with van der Waals surface area (Å²) in [4.78, 5) is 16.9. The fraction of sp³-hybridized carbons (Fsp3) is 0.478. The molecular weight excluding hydrogens is 434 g/mol. The Morgan fingerprint density at radius 2 is 1.69 bits per heavy atom. The van der Waals surface area contributed by atoms with Crippen LogP contribution in [0, 0.1) is 17.6 Å².